The van der Waals surface area contributed by atoms with E-state index in [1.54, 1.807) is 0 Å². The molecule has 0 aliphatic heterocycles. The van der Waals surface area contributed by atoms with Crippen molar-refractivity contribution in [2.75, 3.05) is 18.6 Å². The zero-order valence-electron chi connectivity index (χ0n) is 8.89. The summed E-state index contributed by atoms with van der Waals surface area (Å²) in [6.45, 7) is 6.80. The molecule has 0 rings (SSSR count). The van der Waals surface area contributed by atoms with Gasteiger partial charge in [0.2, 0.25) is 0 Å². The van der Waals surface area contributed by atoms with Crippen LogP contribution in [0.4, 0.5) is 0 Å². The topological polar surface area (TPSA) is 12.0 Å². The Morgan fingerprint density at radius 1 is 1.25 bits per heavy atom. The van der Waals surface area contributed by atoms with Crippen LogP contribution in [0.3, 0.4) is 0 Å². The van der Waals surface area contributed by atoms with E-state index in [9.17, 15) is 0 Å². The first kappa shape index (κ1) is 12.3. The van der Waals surface area contributed by atoms with E-state index in [2.05, 4.69) is 33.1 Å². The molecule has 0 spiro atoms. The Labute approximate surface area is 81.7 Å². The fourth-order valence-corrected chi connectivity index (χ4v) is 1.96. The molecule has 12 heavy (non-hydrogen) atoms. The van der Waals surface area contributed by atoms with Crippen LogP contribution >= 0.6 is 11.8 Å². The molecule has 0 aromatic carbocycles. The average Bonchev–Trinajstić information content (AvgIpc) is 2.05. The highest BCUT2D eigenvalue weighted by Crippen LogP contribution is 2.10. The third-order valence-electron chi connectivity index (χ3n) is 2.02. The molecule has 2 heteroatoms. The zero-order valence-corrected chi connectivity index (χ0v) is 9.71. The van der Waals surface area contributed by atoms with Gasteiger partial charge in [-0.05, 0) is 31.6 Å². The second kappa shape index (κ2) is 7.93. The van der Waals surface area contributed by atoms with E-state index in [1.165, 1.54) is 24.3 Å². The number of hydrogen-bond acceptors (Lipinski definition) is 2. The number of hydrogen-bond donors (Lipinski definition) is 1. The lowest BCUT2D eigenvalue weighted by atomic mass is 10.0. The molecular weight excluding hydrogens is 166 g/mol. The Kier molecular flexibility index (Phi) is 8.14. The van der Waals surface area contributed by atoms with Gasteiger partial charge in [-0.2, -0.15) is 11.8 Å². The van der Waals surface area contributed by atoms with Crippen LogP contribution in [0.5, 0.6) is 0 Å². The lowest BCUT2D eigenvalue weighted by Gasteiger charge is -2.16. The molecule has 0 aliphatic rings. The van der Waals surface area contributed by atoms with Gasteiger partial charge in [-0.15, -0.1) is 0 Å². The molecule has 1 N–H and O–H groups in total. The van der Waals surface area contributed by atoms with Crippen LogP contribution in [0.1, 0.15) is 33.6 Å². The van der Waals surface area contributed by atoms with Gasteiger partial charge in [-0.25, -0.2) is 0 Å². The quantitative estimate of drug-likeness (QED) is 0.661. The smallest absolute Gasteiger partial charge is 0.0155 e. The molecule has 1 nitrogen and oxygen atoms in total. The molecule has 0 bridgehead atoms. The van der Waals surface area contributed by atoms with Crippen molar-refractivity contribution in [2.45, 2.75) is 39.7 Å². The van der Waals surface area contributed by atoms with Gasteiger partial charge in [-0.3, -0.25) is 0 Å². The van der Waals surface area contributed by atoms with E-state index in [1.807, 2.05) is 11.8 Å². The van der Waals surface area contributed by atoms with E-state index >= 15 is 0 Å². The Morgan fingerprint density at radius 3 is 2.33 bits per heavy atom. The first-order valence-electron chi connectivity index (χ1n) is 4.95. The third-order valence-corrected chi connectivity index (χ3v) is 3.07. The summed E-state index contributed by atoms with van der Waals surface area (Å²) >= 11 is 2.03. The minimum absolute atomic E-state index is 0.720. The first-order chi connectivity index (χ1) is 5.70. The van der Waals surface area contributed by atoms with Crippen LogP contribution in [0, 0.1) is 5.92 Å². The van der Waals surface area contributed by atoms with Gasteiger partial charge >= 0.3 is 0 Å². The molecule has 0 radical (unpaired) electrons. The van der Waals surface area contributed by atoms with E-state index < -0.39 is 0 Å². The monoisotopic (exact) mass is 189 g/mol. The van der Waals surface area contributed by atoms with Crippen LogP contribution in [0.15, 0.2) is 0 Å². The summed E-state index contributed by atoms with van der Waals surface area (Å²) in [5.74, 6) is 3.34. The maximum atomic E-state index is 3.37. The summed E-state index contributed by atoms with van der Waals surface area (Å²) in [5, 5.41) is 3.37. The van der Waals surface area contributed by atoms with E-state index in [0.717, 1.165) is 12.0 Å². The minimum Gasteiger partial charge on any atom is -0.316 e. The summed E-state index contributed by atoms with van der Waals surface area (Å²) in [7, 11) is 2.07. The van der Waals surface area contributed by atoms with Crippen molar-refractivity contribution >= 4 is 11.8 Å². The maximum absolute atomic E-state index is 3.37. The molecule has 0 saturated carbocycles. The molecule has 0 heterocycles. The predicted octanol–water partition coefficient (Wildman–Crippen LogP) is 2.76. The SMILES string of the molecule is CCSCC(CCC(C)C)NC. The van der Waals surface area contributed by atoms with Gasteiger partial charge in [0.15, 0.2) is 0 Å². The van der Waals surface area contributed by atoms with Crippen molar-refractivity contribution in [3.8, 4) is 0 Å². The highest BCUT2D eigenvalue weighted by molar-refractivity contribution is 7.99. The summed E-state index contributed by atoms with van der Waals surface area (Å²) in [4.78, 5) is 0. The van der Waals surface area contributed by atoms with E-state index in [-0.39, 0.29) is 0 Å². The van der Waals surface area contributed by atoms with Gasteiger partial charge < -0.3 is 5.32 Å². The van der Waals surface area contributed by atoms with Gasteiger partial charge in [-0.1, -0.05) is 20.8 Å². The summed E-state index contributed by atoms with van der Waals surface area (Å²) < 4.78 is 0. The lowest BCUT2D eigenvalue weighted by molar-refractivity contribution is 0.479. The molecule has 0 aliphatic carbocycles. The van der Waals surface area contributed by atoms with Crippen molar-refractivity contribution < 1.29 is 0 Å². The van der Waals surface area contributed by atoms with Crippen molar-refractivity contribution in [3.63, 3.8) is 0 Å². The Balaban J connectivity index is 3.39. The summed E-state index contributed by atoms with van der Waals surface area (Å²) in [6, 6.07) is 0.720. The maximum Gasteiger partial charge on any atom is 0.0155 e. The Hall–Kier alpha value is 0.310. The predicted molar refractivity (Wildman–Crippen MR) is 59.9 cm³/mol. The summed E-state index contributed by atoms with van der Waals surface area (Å²) in [5.41, 5.74) is 0. The lowest BCUT2D eigenvalue weighted by Crippen LogP contribution is -2.28. The molecule has 1 unspecified atom stereocenters. The molecule has 0 aromatic rings. The van der Waals surface area contributed by atoms with Crippen LogP contribution < -0.4 is 5.32 Å². The molecule has 74 valence electrons. The highest BCUT2D eigenvalue weighted by atomic mass is 32.2. The van der Waals surface area contributed by atoms with Crippen LogP contribution in [0.25, 0.3) is 0 Å². The molecule has 1 atom stereocenters. The molecule has 0 saturated heterocycles. The fourth-order valence-electron chi connectivity index (χ4n) is 1.11. The van der Waals surface area contributed by atoms with Crippen LogP contribution in [-0.4, -0.2) is 24.6 Å². The van der Waals surface area contributed by atoms with Crippen molar-refractivity contribution in [2.24, 2.45) is 5.92 Å². The second-order valence-electron chi connectivity index (χ2n) is 3.62. The zero-order chi connectivity index (χ0) is 9.40. The molecule has 0 aromatic heterocycles. The minimum atomic E-state index is 0.720. The average molecular weight is 189 g/mol. The van der Waals surface area contributed by atoms with Crippen molar-refractivity contribution in [1.82, 2.24) is 5.32 Å². The molecule has 0 fully saturated rings. The normalized spacial score (nSPS) is 13.8. The van der Waals surface area contributed by atoms with Gasteiger partial charge in [0.25, 0.3) is 0 Å². The Morgan fingerprint density at radius 2 is 1.92 bits per heavy atom. The van der Waals surface area contributed by atoms with E-state index in [0.29, 0.717) is 0 Å². The highest BCUT2D eigenvalue weighted by Gasteiger charge is 2.05. The van der Waals surface area contributed by atoms with Gasteiger partial charge in [0.1, 0.15) is 0 Å². The first-order valence-corrected chi connectivity index (χ1v) is 6.11. The second-order valence-corrected chi connectivity index (χ2v) is 4.94. The van der Waals surface area contributed by atoms with Crippen LogP contribution in [0.2, 0.25) is 0 Å². The van der Waals surface area contributed by atoms with E-state index in [4.69, 9.17) is 0 Å². The Bertz CT molecular complexity index is 93.8. The number of nitrogens with one attached hydrogen (secondary N) is 1. The van der Waals surface area contributed by atoms with Crippen molar-refractivity contribution in [1.29, 1.82) is 0 Å². The molecule has 0 amide bonds. The number of thioether (sulfide) groups is 1. The van der Waals surface area contributed by atoms with Crippen LogP contribution in [-0.2, 0) is 0 Å². The van der Waals surface area contributed by atoms with Crippen molar-refractivity contribution in [3.05, 3.63) is 0 Å². The molecular formula is C10H23NS. The number of rotatable bonds is 7. The standard InChI is InChI=1S/C10H23NS/c1-5-12-8-10(11-4)7-6-9(2)3/h9-11H,5-8H2,1-4H3. The largest absolute Gasteiger partial charge is 0.316 e. The fraction of sp³-hybridized carbons (Fsp3) is 1.00. The third kappa shape index (κ3) is 6.99. The van der Waals surface area contributed by atoms with Gasteiger partial charge in [0, 0.05) is 11.8 Å². The summed E-state index contributed by atoms with van der Waals surface area (Å²) in [6.07, 6.45) is 2.66. The van der Waals surface area contributed by atoms with Gasteiger partial charge in [0.05, 0.1) is 0 Å².